The standard InChI is InChI=1S/C27H58NO2.BrH/c1-5-9-10-11-12-13-14-15-16-17-18-19-20-21-22-23-24-30-26-27(29)25-28(6-2,7-3)8-4;/h27,29H,5-26H2,1-4H3;1H/q+1;/p-1. The summed E-state index contributed by atoms with van der Waals surface area (Å²) < 4.78 is 6.72. The van der Waals surface area contributed by atoms with Crippen molar-refractivity contribution in [3.63, 3.8) is 0 Å². The van der Waals surface area contributed by atoms with Gasteiger partial charge in [0.05, 0.1) is 26.2 Å². The summed E-state index contributed by atoms with van der Waals surface area (Å²) in [6.45, 7) is 14.3. The van der Waals surface area contributed by atoms with Crippen LogP contribution in [0.3, 0.4) is 0 Å². The number of aliphatic hydroxyl groups is 1. The molecule has 0 fully saturated rings. The van der Waals surface area contributed by atoms with Crippen molar-refractivity contribution in [3.05, 3.63) is 0 Å². The fraction of sp³-hybridized carbons (Fsp3) is 1.00. The molecule has 0 aliphatic carbocycles. The molecule has 0 saturated heterocycles. The zero-order valence-corrected chi connectivity index (χ0v) is 23.4. The zero-order valence-electron chi connectivity index (χ0n) is 21.8. The van der Waals surface area contributed by atoms with Crippen LogP contribution in [0.1, 0.15) is 130 Å². The van der Waals surface area contributed by atoms with Crippen molar-refractivity contribution in [3.8, 4) is 0 Å². The van der Waals surface area contributed by atoms with Crippen LogP contribution >= 0.6 is 0 Å². The monoisotopic (exact) mass is 507 g/mol. The normalized spacial score (nSPS) is 12.7. The lowest BCUT2D eigenvalue weighted by atomic mass is 10.0. The van der Waals surface area contributed by atoms with Crippen LogP contribution in [0.25, 0.3) is 0 Å². The molecule has 0 radical (unpaired) electrons. The van der Waals surface area contributed by atoms with Gasteiger partial charge in [-0.15, -0.1) is 0 Å². The van der Waals surface area contributed by atoms with Crippen molar-refractivity contribution in [1.82, 2.24) is 0 Å². The van der Waals surface area contributed by atoms with Gasteiger partial charge in [0, 0.05) is 6.61 Å². The predicted octanol–water partition coefficient (Wildman–Crippen LogP) is 4.51. The minimum absolute atomic E-state index is 0. The van der Waals surface area contributed by atoms with Crippen LogP contribution in [0.15, 0.2) is 0 Å². The maximum absolute atomic E-state index is 10.3. The van der Waals surface area contributed by atoms with Crippen LogP contribution in [0, 0.1) is 0 Å². The number of unbranched alkanes of at least 4 members (excludes halogenated alkanes) is 15. The Balaban J connectivity index is 0. The maximum atomic E-state index is 10.3. The van der Waals surface area contributed by atoms with E-state index in [1.807, 2.05) is 0 Å². The third-order valence-electron chi connectivity index (χ3n) is 7.06. The number of hydrogen-bond donors (Lipinski definition) is 1. The van der Waals surface area contributed by atoms with E-state index in [-0.39, 0.29) is 23.1 Å². The molecular weight excluding hydrogens is 450 g/mol. The Morgan fingerprint density at radius 1 is 0.581 bits per heavy atom. The molecule has 0 rings (SSSR count). The quantitative estimate of drug-likeness (QED) is 0.154. The van der Waals surface area contributed by atoms with E-state index in [9.17, 15) is 5.11 Å². The van der Waals surface area contributed by atoms with Crippen molar-refractivity contribution in [2.75, 3.05) is 39.4 Å². The third-order valence-corrected chi connectivity index (χ3v) is 7.06. The van der Waals surface area contributed by atoms with Crippen LogP contribution in [-0.4, -0.2) is 55.1 Å². The highest BCUT2D eigenvalue weighted by Gasteiger charge is 2.24. The number of halogens is 1. The topological polar surface area (TPSA) is 29.5 Å². The SMILES string of the molecule is CCCCCCCCCCCCCCCCCCOCC(O)C[N+](CC)(CC)CC.[Br-]. The van der Waals surface area contributed by atoms with Gasteiger partial charge in [-0.25, -0.2) is 0 Å². The first-order chi connectivity index (χ1) is 14.6. The van der Waals surface area contributed by atoms with Crippen LogP contribution in [0.4, 0.5) is 0 Å². The molecule has 3 nitrogen and oxygen atoms in total. The molecule has 0 aromatic carbocycles. The maximum Gasteiger partial charge on any atom is 0.126 e. The molecule has 0 aromatic rings. The number of ether oxygens (including phenoxy) is 1. The molecular formula is C27H58BrNO2. The summed E-state index contributed by atoms with van der Waals surface area (Å²) in [5.41, 5.74) is 0. The zero-order chi connectivity index (χ0) is 22.3. The van der Waals surface area contributed by atoms with Gasteiger partial charge in [-0.1, -0.05) is 103 Å². The smallest absolute Gasteiger partial charge is 0.126 e. The summed E-state index contributed by atoms with van der Waals surface area (Å²) in [7, 11) is 0. The largest absolute Gasteiger partial charge is 1.00 e. The first kappa shape index (κ1) is 33.5. The molecule has 0 aliphatic heterocycles. The van der Waals surface area contributed by atoms with E-state index in [0.717, 1.165) is 43.7 Å². The molecule has 1 N–H and O–H groups in total. The number of hydrogen-bond acceptors (Lipinski definition) is 2. The molecule has 1 atom stereocenters. The first-order valence-corrected chi connectivity index (χ1v) is 13.7. The van der Waals surface area contributed by atoms with E-state index < -0.39 is 0 Å². The Hall–Kier alpha value is 0.360. The second-order valence-corrected chi connectivity index (χ2v) is 9.50. The fourth-order valence-electron chi connectivity index (χ4n) is 4.53. The summed E-state index contributed by atoms with van der Waals surface area (Å²) in [6, 6.07) is 0. The van der Waals surface area contributed by atoms with Crippen LogP contribution in [0.2, 0.25) is 0 Å². The number of likely N-dealkylation sites (N-methyl/N-ethyl adjacent to an activating group) is 1. The van der Waals surface area contributed by atoms with E-state index in [4.69, 9.17) is 4.74 Å². The van der Waals surface area contributed by atoms with Crippen molar-refractivity contribution < 1.29 is 31.3 Å². The van der Waals surface area contributed by atoms with Crippen molar-refractivity contribution in [2.45, 2.75) is 137 Å². The Labute approximate surface area is 207 Å². The summed E-state index contributed by atoms with van der Waals surface area (Å²) in [5, 5.41) is 10.3. The van der Waals surface area contributed by atoms with Gasteiger partial charge in [0.2, 0.25) is 0 Å². The summed E-state index contributed by atoms with van der Waals surface area (Å²) in [4.78, 5) is 0. The Bertz CT molecular complexity index is 329. The molecule has 0 amide bonds. The van der Waals surface area contributed by atoms with Crippen molar-refractivity contribution in [2.24, 2.45) is 0 Å². The molecule has 0 spiro atoms. The molecule has 1 unspecified atom stereocenters. The predicted molar refractivity (Wildman–Crippen MR) is 133 cm³/mol. The molecule has 0 heterocycles. The van der Waals surface area contributed by atoms with E-state index in [2.05, 4.69) is 27.7 Å². The van der Waals surface area contributed by atoms with Crippen molar-refractivity contribution >= 4 is 0 Å². The Morgan fingerprint density at radius 2 is 0.935 bits per heavy atom. The highest BCUT2D eigenvalue weighted by atomic mass is 79.9. The van der Waals surface area contributed by atoms with Gasteiger partial charge in [0.1, 0.15) is 12.6 Å². The van der Waals surface area contributed by atoms with E-state index >= 15 is 0 Å². The number of rotatable bonds is 24. The second kappa shape index (κ2) is 25.0. The van der Waals surface area contributed by atoms with E-state index in [1.54, 1.807) is 0 Å². The molecule has 0 bridgehead atoms. The van der Waals surface area contributed by atoms with Crippen LogP contribution < -0.4 is 17.0 Å². The first-order valence-electron chi connectivity index (χ1n) is 13.7. The third kappa shape index (κ3) is 20.7. The lowest BCUT2D eigenvalue weighted by Crippen LogP contribution is -3.00. The van der Waals surface area contributed by atoms with E-state index in [0.29, 0.717) is 6.61 Å². The minimum Gasteiger partial charge on any atom is -1.00 e. The highest BCUT2D eigenvalue weighted by Crippen LogP contribution is 2.14. The van der Waals surface area contributed by atoms with Gasteiger partial charge in [-0.05, 0) is 27.2 Å². The van der Waals surface area contributed by atoms with Crippen LogP contribution in [-0.2, 0) is 4.74 Å². The molecule has 0 saturated carbocycles. The summed E-state index contributed by atoms with van der Waals surface area (Å²) >= 11 is 0. The lowest BCUT2D eigenvalue weighted by molar-refractivity contribution is -0.926. The number of aliphatic hydroxyl groups excluding tert-OH is 1. The Kier molecular flexibility index (Phi) is 27.0. The van der Waals surface area contributed by atoms with Crippen molar-refractivity contribution in [1.29, 1.82) is 0 Å². The Morgan fingerprint density at radius 3 is 1.29 bits per heavy atom. The minimum atomic E-state index is -0.328. The number of quaternary nitrogens is 1. The van der Waals surface area contributed by atoms with Gasteiger partial charge in [0.25, 0.3) is 0 Å². The van der Waals surface area contributed by atoms with Gasteiger partial charge >= 0.3 is 0 Å². The van der Waals surface area contributed by atoms with Gasteiger partial charge < -0.3 is 31.3 Å². The summed E-state index contributed by atoms with van der Waals surface area (Å²) in [5.74, 6) is 0. The number of nitrogens with zero attached hydrogens (tertiary/aromatic N) is 1. The highest BCUT2D eigenvalue weighted by molar-refractivity contribution is 4.55. The summed E-state index contributed by atoms with van der Waals surface area (Å²) in [6.07, 6.45) is 22.0. The van der Waals surface area contributed by atoms with Gasteiger partial charge in [-0.2, -0.15) is 0 Å². The fourth-order valence-corrected chi connectivity index (χ4v) is 4.53. The van der Waals surface area contributed by atoms with Gasteiger partial charge in [-0.3, -0.25) is 0 Å². The second-order valence-electron chi connectivity index (χ2n) is 9.50. The van der Waals surface area contributed by atoms with Gasteiger partial charge in [0.15, 0.2) is 0 Å². The van der Waals surface area contributed by atoms with Crippen LogP contribution in [0.5, 0.6) is 0 Å². The molecule has 0 aromatic heterocycles. The molecule has 4 heteroatoms. The molecule has 0 aliphatic rings. The average molecular weight is 509 g/mol. The molecule has 190 valence electrons. The molecule has 31 heavy (non-hydrogen) atoms. The van der Waals surface area contributed by atoms with E-state index in [1.165, 1.54) is 96.3 Å². The average Bonchev–Trinajstić information content (AvgIpc) is 2.76. The lowest BCUT2D eigenvalue weighted by Gasteiger charge is -2.37.